The van der Waals surface area contributed by atoms with Gasteiger partial charge in [-0.15, -0.1) is 0 Å². The Labute approximate surface area is 132 Å². The molecular formula is C15H17BrN4O. The van der Waals surface area contributed by atoms with Crippen LogP contribution in [0.15, 0.2) is 41.1 Å². The van der Waals surface area contributed by atoms with E-state index in [0.717, 1.165) is 29.5 Å². The van der Waals surface area contributed by atoms with Crippen molar-refractivity contribution >= 4 is 33.3 Å². The van der Waals surface area contributed by atoms with Crippen molar-refractivity contribution in [1.82, 2.24) is 9.97 Å². The number of hydrogen-bond donors (Lipinski definition) is 2. The van der Waals surface area contributed by atoms with E-state index in [1.54, 1.807) is 6.07 Å². The first-order valence-corrected chi connectivity index (χ1v) is 7.61. The van der Waals surface area contributed by atoms with Crippen LogP contribution in [0.25, 0.3) is 0 Å². The highest BCUT2D eigenvalue weighted by atomic mass is 79.9. The fraction of sp³-hybridized carbons (Fsp3) is 0.267. The number of anilines is 2. The van der Waals surface area contributed by atoms with Crippen molar-refractivity contribution in [3.8, 4) is 0 Å². The molecule has 0 spiro atoms. The largest absolute Gasteiger partial charge is 0.370 e. The summed E-state index contributed by atoms with van der Waals surface area (Å²) in [6, 6.07) is 9.04. The first-order valence-electron chi connectivity index (χ1n) is 6.82. The van der Waals surface area contributed by atoms with E-state index >= 15 is 0 Å². The predicted octanol–water partition coefficient (Wildman–Crippen LogP) is 3.70. The van der Waals surface area contributed by atoms with Gasteiger partial charge in [-0.3, -0.25) is 4.79 Å². The van der Waals surface area contributed by atoms with Gasteiger partial charge in [0.25, 0.3) is 5.91 Å². The molecule has 0 aliphatic carbocycles. The second-order valence-corrected chi connectivity index (χ2v) is 5.45. The van der Waals surface area contributed by atoms with Gasteiger partial charge >= 0.3 is 0 Å². The van der Waals surface area contributed by atoms with Crippen molar-refractivity contribution in [3.63, 3.8) is 0 Å². The third-order valence-electron chi connectivity index (χ3n) is 2.84. The molecule has 0 aliphatic rings. The minimum absolute atomic E-state index is 0.252. The highest BCUT2D eigenvalue weighted by Crippen LogP contribution is 2.15. The standard InChI is InChI=1S/C15H17BrN4O/c1-2-3-8-17-14-9-13(18-10-19-14)15(21)20-12-6-4-11(16)5-7-12/h4-7,9-10H,2-3,8H2,1H3,(H,20,21)(H,17,18,19). The molecule has 5 nitrogen and oxygen atoms in total. The lowest BCUT2D eigenvalue weighted by Crippen LogP contribution is -2.14. The second kappa shape index (κ2) is 7.73. The van der Waals surface area contributed by atoms with Crippen LogP contribution in [0.5, 0.6) is 0 Å². The summed E-state index contributed by atoms with van der Waals surface area (Å²) in [6.07, 6.45) is 3.56. The number of aromatic nitrogens is 2. The second-order valence-electron chi connectivity index (χ2n) is 4.53. The van der Waals surface area contributed by atoms with Gasteiger partial charge in [0.15, 0.2) is 0 Å². The summed E-state index contributed by atoms with van der Waals surface area (Å²) in [5.74, 6) is 0.415. The zero-order valence-corrected chi connectivity index (χ0v) is 13.4. The van der Waals surface area contributed by atoms with Crippen LogP contribution < -0.4 is 10.6 Å². The minimum atomic E-state index is -0.252. The fourth-order valence-corrected chi connectivity index (χ4v) is 1.96. The third-order valence-corrected chi connectivity index (χ3v) is 3.37. The van der Waals surface area contributed by atoms with Gasteiger partial charge in [0.2, 0.25) is 0 Å². The molecule has 1 heterocycles. The number of amides is 1. The molecule has 2 N–H and O–H groups in total. The molecule has 1 aromatic heterocycles. The first-order chi connectivity index (χ1) is 10.2. The van der Waals surface area contributed by atoms with Crippen molar-refractivity contribution in [2.24, 2.45) is 0 Å². The van der Waals surface area contributed by atoms with E-state index in [1.807, 2.05) is 24.3 Å². The van der Waals surface area contributed by atoms with Crippen molar-refractivity contribution in [1.29, 1.82) is 0 Å². The number of unbranched alkanes of at least 4 members (excludes halogenated alkanes) is 1. The molecule has 2 aromatic rings. The number of hydrogen-bond acceptors (Lipinski definition) is 4. The predicted molar refractivity (Wildman–Crippen MR) is 87.5 cm³/mol. The van der Waals surface area contributed by atoms with Crippen molar-refractivity contribution in [2.75, 3.05) is 17.2 Å². The molecule has 1 aromatic carbocycles. The molecule has 0 saturated heterocycles. The van der Waals surface area contributed by atoms with Crippen LogP contribution in [-0.4, -0.2) is 22.4 Å². The minimum Gasteiger partial charge on any atom is -0.370 e. The van der Waals surface area contributed by atoms with E-state index in [2.05, 4.69) is 43.5 Å². The molecule has 6 heteroatoms. The topological polar surface area (TPSA) is 66.9 Å². The number of rotatable bonds is 6. The lowest BCUT2D eigenvalue weighted by Gasteiger charge is -2.07. The summed E-state index contributed by atoms with van der Waals surface area (Å²) >= 11 is 3.35. The summed E-state index contributed by atoms with van der Waals surface area (Å²) in [5.41, 5.74) is 1.06. The van der Waals surface area contributed by atoms with Crippen LogP contribution in [-0.2, 0) is 0 Å². The summed E-state index contributed by atoms with van der Waals surface area (Å²) in [7, 11) is 0. The number of halogens is 1. The Morgan fingerprint density at radius 3 is 2.71 bits per heavy atom. The number of carbonyl (C=O) groups excluding carboxylic acids is 1. The molecule has 110 valence electrons. The Hall–Kier alpha value is -1.95. The molecule has 0 saturated carbocycles. The smallest absolute Gasteiger partial charge is 0.274 e. The Bertz CT molecular complexity index is 601. The van der Waals surface area contributed by atoms with Gasteiger partial charge in [-0.2, -0.15) is 0 Å². The summed E-state index contributed by atoms with van der Waals surface area (Å²) in [4.78, 5) is 20.3. The zero-order chi connectivity index (χ0) is 15.1. The lowest BCUT2D eigenvalue weighted by molar-refractivity contribution is 0.102. The molecule has 0 atom stereocenters. The van der Waals surface area contributed by atoms with E-state index < -0.39 is 0 Å². The van der Waals surface area contributed by atoms with Crippen LogP contribution in [0.4, 0.5) is 11.5 Å². The number of carbonyl (C=O) groups is 1. The van der Waals surface area contributed by atoms with Crippen LogP contribution in [0.2, 0.25) is 0 Å². The van der Waals surface area contributed by atoms with E-state index in [1.165, 1.54) is 6.33 Å². The van der Waals surface area contributed by atoms with E-state index in [-0.39, 0.29) is 5.91 Å². The number of nitrogens with one attached hydrogen (secondary N) is 2. The van der Waals surface area contributed by atoms with Gasteiger partial charge < -0.3 is 10.6 Å². The summed E-state index contributed by atoms with van der Waals surface area (Å²) in [6.45, 7) is 2.96. The number of benzene rings is 1. The summed E-state index contributed by atoms with van der Waals surface area (Å²) < 4.78 is 0.963. The Morgan fingerprint density at radius 2 is 2.00 bits per heavy atom. The van der Waals surface area contributed by atoms with Gasteiger partial charge in [0.05, 0.1) is 0 Å². The first kappa shape index (κ1) is 15.4. The van der Waals surface area contributed by atoms with Crippen LogP contribution >= 0.6 is 15.9 Å². The SMILES string of the molecule is CCCCNc1cc(C(=O)Nc2ccc(Br)cc2)ncn1. The molecule has 0 aliphatic heterocycles. The van der Waals surface area contributed by atoms with Crippen molar-refractivity contribution in [2.45, 2.75) is 19.8 Å². The van der Waals surface area contributed by atoms with Gasteiger partial charge in [-0.05, 0) is 30.7 Å². The van der Waals surface area contributed by atoms with E-state index in [0.29, 0.717) is 11.5 Å². The van der Waals surface area contributed by atoms with Crippen LogP contribution in [0, 0.1) is 0 Å². The molecule has 0 bridgehead atoms. The Balaban J connectivity index is 2.01. The van der Waals surface area contributed by atoms with E-state index in [4.69, 9.17) is 0 Å². The Kier molecular flexibility index (Phi) is 5.68. The van der Waals surface area contributed by atoms with Crippen molar-refractivity contribution < 1.29 is 4.79 Å². The monoisotopic (exact) mass is 348 g/mol. The molecule has 21 heavy (non-hydrogen) atoms. The Morgan fingerprint density at radius 1 is 1.24 bits per heavy atom. The lowest BCUT2D eigenvalue weighted by atomic mass is 10.3. The fourth-order valence-electron chi connectivity index (χ4n) is 1.70. The van der Waals surface area contributed by atoms with E-state index in [9.17, 15) is 4.79 Å². The average Bonchev–Trinajstić information content (AvgIpc) is 2.50. The van der Waals surface area contributed by atoms with Crippen LogP contribution in [0.1, 0.15) is 30.3 Å². The quantitative estimate of drug-likeness (QED) is 0.781. The normalized spacial score (nSPS) is 10.2. The molecular weight excluding hydrogens is 332 g/mol. The summed E-state index contributed by atoms with van der Waals surface area (Å²) in [5, 5.41) is 5.98. The third kappa shape index (κ3) is 4.82. The highest BCUT2D eigenvalue weighted by molar-refractivity contribution is 9.10. The maximum Gasteiger partial charge on any atom is 0.274 e. The van der Waals surface area contributed by atoms with Gasteiger partial charge in [0.1, 0.15) is 17.8 Å². The highest BCUT2D eigenvalue weighted by Gasteiger charge is 2.09. The molecule has 0 unspecified atom stereocenters. The molecule has 2 rings (SSSR count). The number of nitrogens with zero attached hydrogens (tertiary/aromatic N) is 2. The van der Waals surface area contributed by atoms with Gasteiger partial charge in [-0.25, -0.2) is 9.97 Å². The maximum absolute atomic E-state index is 12.1. The molecule has 1 amide bonds. The average molecular weight is 349 g/mol. The molecule has 0 fully saturated rings. The molecule has 0 radical (unpaired) electrons. The van der Waals surface area contributed by atoms with Gasteiger partial charge in [-0.1, -0.05) is 29.3 Å². The zero-order valence-electron chi connectivity index (χ0n) is 11.8. The van der Waals surface area contributed by atoms with Crippen LogP contribution in [0.3, 0.4) is 0 Å². The van der Waals surface area contributed by atoms with Crippen molar-refractivity contribution in [3.05, 3.63) is 46.8 Å². The maximum atomic E-state index is 12.1. The van der Waals surface area contributed by atoms with Gasteiger partial charge in [0, 0.05) is 22.8 Å².